The van der Waals surface area contributed by atoms with Gasteiger partial charge in [-0.15, -0.1) is 0 Å². The molecule has 2 rings (SSSR count). The summed E-state index contributed by atoms with van der Waals surface area (Å²) in [5.74, 6) is 1.88. The Morgan fingerprint density at radius 3 is 2.37 bits per heavy atom. The number of methoxy groups -OCH3 is 2. The van der Waals surface area contributed by atoms with E-state index in [1.807, 2.05) is 56.3 Å². The van der Waals surface area contributed by atoms with Crippen molar-refractivity contribution in [2.24, 2.45) is 0 Å². The van der Waals surface area contributed by atoms with Crippen molar-refractivity contribution in [3.63, 3.8) is 0 Å². The Labute approximate surface area is 161 Å². The predicted molar refractivity (Wildman–Crippen MR) is 108 cm³/mol. The summed E-state index contributed by atoms with van der Waals surface area (Å²) in [5, 5.41) is 0. The van der Waals surface area contributed by atoms with Crippen LogP contribution in [0.25, 0.3) is 6.08 Å². The van der Waals surface area contributed by atoms with E-state index in [0.717, 1.165) is 16.9 Å². The van der Waals surface area contributed by atoms with E-state index in [0.29, 0.717) is 30.2 Å². The molecule has 0 unspecified atom stereocenters. The van der Waals surface area contributed by atoms with Crippen molar-refractivity contribution in [1.82, 2.24) is 4.90 Å². The molecule has 144 valence electrons. The van der Waals surface area contributed by atoms with Gasteiger partial charge in [-0.2, -0.15) is 0 Å². The van der Waals surface area contributed by atoms with Gasteiger partial charge in [0, 0.05) is 24.7 Å². The molecule has 0 radical (unpaired) electrons. The first-order chi connectivity index (χ1) is 13.0. The van der Waals surface area contributed by atoms with Crippen LogP contribution in [-0.2, 0) is 6.54 Å². The number of nitrogens with zero attached hydrogens (tertiary/aromatic N) is 1. The van der Waals surface area contributed by atoms with Crippen molar-refractivity contribution in [3.8, 4) is 17.2 Å². The van der Waals surface area contributed by atoms with Crippen LogP contribution in [0.3, 0.4) is 0 Å². The molecule has 5 nitrogen and oxygen atoms in total. The Morgan fingerprint density at radius 2 is 1.81 bits per heavy atom. The quantitative estimate of drug-likeness (QED) is 0.692. The van der Waals surface area contributed by atoms with Gasteiger partial charge in [-0.1, -0.05) is 24.3 Å². The summed E-state index contributed by atoms with van der Waals surface area (Å²) in [5.41, 5.74) is 2.38. The standard InChI is InChI=1S/C22H27NO4/c1-6-8-17-13-18(14-20(25-4)21(17)26-5)22(24)23(3)15-16-9-11-19(12-10-16)27-7-2/h6,8-14H,7,15H2,1-5H3/b8-6+. The van der Waals surface area contributed by atoms with E-state index in [-0.39, 0.29) is 5.91 Å². The van der Waals surface area contributed by atoms with Gasteiger partial charge < -0.3 is 19.1 Å². The lowest BCUT2D eigenvalue weighted by molar-refractivity contribution is 0.0784. The first-order valence-corrected chi connectivity index (χ1v) is 8.89. The molecular weight excluding hydrogens is 342 g/mol. The van der Waals surface area contributed by atoms with Gasteiger partial charge in [-0.05, 0) is 43.7 Å². The summed E-state index contributed by atoms with van der Waals surface area (Å²) >= 11 is 0. The molecule has 5 heteroatoms. The number of allylic oxidation sites excluding steroid dienone is 1. The average Bonchev–Trinajstić information content (AvgIpc) is 2.68. The summed E-state index contributed by atoms with van der Waals surface area (Å²) in [6.07, 6.45) is 3.79. The fourth-order valence-corrected chi connectivity index (χ4v) is 2.84. The number of benzene rings is 2. The first kappa shape index (κ1) is 20.4. The van der Waals surface area contributed by atoms with Gasteiger partial charge in [0.05, 0.1) is 20.8 Å². The van der Waals surface area contributed by atoms with E-state index in [2.05, 4.69) is 0 Å². The van der Waals surface area contributed by atoms with Gasteiger partial charge in [0.2, 0.25) is 0 Å². The summed E-state index contributed by atoms with van der Waals surface area (Å²) in [7, 11) is 4.93. The molecule has 0 fully saturated rings. The van der Waals surface area contributed by atoms with Crippen molar-refractivity contribution in [3.05, 3.63) is 59.2 Å². The molecule has 2 aromatic rings. The third kappa shape index (κ3) is 5.03. The lowest BCUT2D eigenvalue weighted by atomic mass is 10.1. The minimum atomic E-state index is -0.0874. The van der Waals surface area contributed by atoms with Crippen LogP contribution in [0.4, 0.5) is 0 Å². The van der Waals surface area contributed by atoms with Crippen LogP contribution in [0.2, 0.25) is 0 Å². The summed E-state index contributed by atoms with van der Waals surface area (Å²) in [6, 6.07) is 11.3. The maximum absolute atomic E-state index is 12.9. The second-order valence-electron chi connectivity index (χ2n) is 6.04. The van der Waals surface area contributed by atoms with Gasteiger partial charge in [-0.25, -0.2) is 0 Å². The number of carbonyl (C=O) groups excluding carboxylic acids is 1. The Balaban J connectivity index is 2.23. The molecule has 1 amide bonds. The SMILES string of the molecule is C/C=C/c1cc(C(=O)N(C)Cc2ccc(OCC)cc2)cc(OC)c1OC. The van der Waals surface area contributed by atoms with Crippen molar-refractivity contribution < 1.29 is 19.0 Å². The Kier molecular flexibility index (Phi) is 7.29. The predicted octanol–water partition coefficient (Wildman–Crippen LogP) is 4.41. The highest BCUT2D eigenvalue weighted by Gasteiger charge is 2.18. The fourth-order valence-electron chi connectivity index (χ4n) is 2.84. The number of ether oxygens (including phenoxy) is 3. The Bertz CT molecular complexity index is 797. The summed E-state index contributed by atoms with van der Waals surface area (Å²) < 4.78 is 16.3. The second kappa shape index (κ2) is 9.67. The second-order valence-corrected chi connectivity index (χ2v) is 6.04. The topological polar surface area (TPSA) is 48.0 Å². The van der Waals surface area contributed by atoms with Gasteiger partial charge in [0.1, 0.15) is 5.75 Å². The summed E-state index contributed by atoms with van der Waals surface area (Å²) in [6.45, 7) is 4.99. The van der Waals surface area contributed by atoms with E-state index in [9.17, 15) is 4.79 Å². The molecule has 0 aromatic heterocycles. The number of amides is 1. The molecule has 0 heterocycles. The van der Waals surface area contributed by atoms with Crippen LogP contribution in [0.15, 0.2) is 42.5 Å². The highest BCUT2D eigenvalue weighted by molar-refractivity contribution is 5.95. The van der Waals surface area contributed by atoms with E-state index >= 15 is 0 Å². The average molecular weight is 369 g/mol. The molecular formula is C22H27NO4. The maximum Gasteiger partial charge on any atom is 0.254 e. The maximum atomic E-state index is 12.9. The minimum absolute atomic E-state index is 0.0874. The van der Waals surface area contributed by atoms with E-state index in [1.165, 1.54) is 0 Å². The lowest BCUT2D eigenvalue weighted by Crippen LogP contribution is -2.26. The molecule has 0 aliphatic carbocycles. The van der Waals surface area contributed by atoms with Crippen LogP contribution in [0.1, 0.15) is 35.3 Å². The number of carbonyl (C=O) groups is 1. The van der Waals surface area contributed by atoms with Crippen LogP contribution < -0.4 is 14.2 Å². The zero-order chi connectivity index (χ0) is 19.8. The third-order valence-corrected chi connectivity index (χ3v) is 4.10. The molecule has 0 saturated heterocycles. The van der Waals surface area contributed by atoms with Crippen LogP contribution in [0.5, 0.6) is 17.2 Å². The zero-order valence-electron chi connectivity index (χ0n) is 16.6. The van der Waals surface area contributed by atoms with E-state index in [4.69, 9.17) is 14.2 Å². The normalized spacial score (nSPS) is 10.7. The van der Waals surface area contributed by atoms with Crippen LogP contribution in [-0.4, -0.2) is 38.7 Å². The van der Waals surface area contributed by atoms with Crippen molar-refractivity contribution in [1.29, 1.82) is 0 Å². The van der Waals surface area contributed by atoms with Gasteiger partial charge in [0.15, 0.2) is 11.5 Å². The fraction of sp³-hybridized carbons (Fsp3) is 0.318. The highest BCUT2D eigenvalue weighted by atomic mass is 16.5. The van der Waals surface area contributed by atoms with E-state index < -0.39 is 0 Å². The number of hydrogen-bond acceptors (Lipinski definition) is 4. The smallest absolute Gasteiger partial charge is 0.254 e. The molecule has 0 aliphatic rings. The van der Waals surface area contributed by atoms with E-state index in [1.54, 1.807) is 32.2 Å². The van der Waals surface area contributed by atoms with Gasteiger partial charge in [0.25, 0.3) is 5.91 Å². The molecule has 0 saturated carbocycles. The van der Waals surface area contributed by atoms with Crippen molar-refractivity contribution in [2.75, 3.05) is 27.9 Å². The number of rotatable bonds is 8. The van der Waals surface area contributed by atoms with Crippen molar-refractivity contribution >= 4 is 12.0 Å². The van der Waals surface area contributed by atoms with Gasteiger partial charge >= 0.3 is 0 Å². The van der Waals surface area contributed by atoms with Crippen LogP contribution in [0, 0.1) is 0 Å². The summed E-state index contributed by atoms with van der Waals surface area (Å²) in [4.78, 5) is 14.6. The molecule has 0 atom stereocenters. The zero-order valence-corrected chi connectivity index (χ0v) is 16.6. The molecule has 0 aliphatic heterocycles. The van der Waals surface area contributed by atoms with Crippen molar-refractivity contribution in [2.45, 2.75) is 20.4 Å². The molecule has 27 heavy (non-hydrogen) atoms. The first-order valence-electron chi connectivity index (χ1n) is 8.89. The van der Waals surface area contributed by atoms with Gasteiger partial charge in [-0.3, -0.25) is 4.79 Å². The number of hydrogen-bond donors (Lipinski definition) is 0. The largest absolute Gasteiger partial charge is 0.494 e. The minimum Gasteiger partial charge on any atom is -0.494 e. The Morgan fingerprint density at radius 1 is 1.11 bits per heavy atom. The lowest BCUT2D eigenvalue weighted by Gasteiger charge is -2.19. The monoisotopic (exact) mass is 369 g/mol. The third-order valence-electron chi connectivity index (χ3n) is 4.10. The Hall–Kier alpha value is -2.95. The van der Waals surface area contributed by atoms with Crippen LogP contribution >= 0.6 is 0 Å². The molecule has 2 aromatic carbocycles. The highest BCUT2D eigenvalue weighted by Crippen LogP contribution is 2.34. The molecule has 0 spiro atoms. The molecule has 0 bridgehead atoms. The molecule has 0 N–H and O–H groups in total.